The lowest BCUT2D eigenvalue weighted by Crippen LogP contribution is -2.59. The van der Waals surface area contributed by atoms with Crippen LogP contribution in [0.5, 0.6) is 0 Å². The van der Waals surface area contributed by atoms with E-state index in [1.807, 2.05) is 29.8 Å². The minimum atomic E-state index is 0.397. The number of likely N-dealkylation sites (N-methyl/N-ethyl adjacent to an activating group) is 1. The first kappa shape index (κ1) is 13.6. The Morgan fingerprint density at radius 2 is 1.88 bits per heavy atom. The molecule has 8 heteroatoms. The Morgan fingerprint density at radius 1 is 1.08 bits per heavy atom. The van der Waals surface area contributed by atoms with Gasteiger partial charge < -0.3 is 9.80 Å². The molecule has 3 aromatic heterocycles. The topological polar surface area (TPSA) is 75.3 Å². The number of hydrogen-bond acceptors (Lipinski definition) is 7. The van der Waals surface area contributed by atoms with Gasteiger partial charge in [0.25, 0.3) is 0 Å². The van der Waals surface area contributed by atoms with E-state index in [4.69, 9.17) is 5.10 Å². The fourth-order valence-electron chi connectivity index (χ4n) is 3.08. The fraction of sp³-hybridized carbons (Fsp3) is 0.438. The molecule has 0 unspecified atom stereocenters. The first-order chi connectivity index (χ1) is 11.8. The molecule has 1 aliphatic carbocycles. The molecule has 0 amide bonds. The third kappa shape index (κ3) is 2.17. The van der Waals surface area contributed by atoms with Crippen LogP contribution in [0, 0.1) is 0 Å². The van der Waals surface area contributed by atoms with Crippen LogP contribution in [0.25, 0.3) is 5.65 Å². The highest BCUT2D eigenvalue weighted by Gasteiger charge is 2.33. The smallest absolute Gasteiger partial charge is 0.225 e. The van der Waals surface area contributed by atoms with Gasteiger partial charge in [0.15, 0.2) is 11.5 Å². The van der Waals surface area contributed by atoms with E-state index in [0.29, 0.717) is 12.0 Å². The van der Waals surface area contributed by atoms with Crippen molar-refractivity contribution < 1.29 is 0 Å². The summed E-state index contributed by atoms with van der Waals surface area (Å²) < 4.78 is 1.91. The molecule has 0 aromatic carbocycles. The van der Waals surface area contributed by atoms with Crippen LogP contribution < -0.4 is 9.80 Å². The third-order valence-electron chi connectivity index (χ3n) is 4.82. The fourth-order valence-corrected chi connectivity index (χ4v) is 3.08. The van der Waals surface area contributed by atoms with E-state index in [1.165, 1.54) is 12.8 Å². The highest BCUT2D eigenvalue weighted by molar-refractivity contribution is 5.50. The minimum Gasteiger partial charge on any atom is -0.351 e. The molecule has 1 aliphatic heterocycles. The summed E-state index contributed by atoms with van der Waals surface area (Å²) in [5, 5.41) is 13.3. The molecule has 122 valence electrons. The zero-order valence-electron chi connectivity index (χ0n) is 13.4. The van der Waals surface area contributed by atoms with Crippen LogP contribution in [0.2, 0.25) is 0 Å². The third-order valence-corrected chi connectivity index (χ3v) is 4.82. The second-order valence-electron chi connectivity index (χ2n) is 6.51. The number of hydrogen-bond donors (Lipinski definition) is 0. The quantitative estimate of drug-likeness (QED) is 0.712. The van der Waals surface area contributed by atoms with Crippen molar-refractivity contribution in [3.8, 4) is 0 Å². The molecule has 0 spiro atoms. The van der Waals surface area contributed by atoms with Gasteiger partial charge in [-0.15, -0.1) is 15.3 Å². The van der Waals surface area contributed by atoms with Crippen molar-refractivity contribution in [2.24, 2.45) is 0 Å². The number of fused-ring (bicyclic) bond motifs is 1. The van der Waals surface area contributed by atoms with E-state index in [-0.39, 0.29) is 0 Å². The molecule has 3 aromatic rings. The molecule has 1 saturated carbocycles. The molecule has 2 fully saturated rings. The summed E-state index contributed by atoms with van der Waals surface area (Å²) in [6.07, 6.45) is 5.94. The van der Waals surface area contributed by atoms with Gasteiger partial charge in [-0.05, 0) is 31.0 Å². The molecule has 2 aliphatic rings. The zero-order valence-corrected chi connectivity index (χ0v) is 13.4. The maximum Gasteiger partial charge on any atom is 0.225 e. The number of anilines is 2. The average molecular weight is 322 g/mol. The van der Waals surface area contributed by atoms with E-state index in [9.17, 15) is 0 Å². The van der Waals surface area contributed by atoms with Gasteiger partial charge in [0.05, 0.1) is 6.04 Å². The van der Waals surface area contributed by atoms with Gasteiger partial charge in [0.1, 0.15) is 5.82 Å². The molecule has 0 bridgehead atoms. The van der Waals surface area contributed by atoms with E-state index >= 15 is 0 Å². The summed E-state index contributed by atoms with van der Waals surface area (Å²) in [6.45, 7) is 1.82. The van der Waals surface area contributed by atoms with Crippen LogP contribution in [0.1, 0.15) is 24.6 Å². The van der Waals surface area contributed by atoms with Gasteiger partial charge in [0, 0.05) is 38.4 Å². The SMILES string of the molecule is CN(c1ncccn1)C1CN(c2ccc3nnc(C4CC4)n3n2)C1. The van der Waals surface area contributed by atoms with Crippen LogP contribution in [-0.4, -0.2) is 56.0 Å². The van der Waals surface area contributed by atoms with Gasteiger partial charge in [-0.1, -0.05) is 0 Å². The lowest BCUT2D eigenvalue weighted by molar-refractivity contribution is 0.483. The van der Waals surface area contributed by atoms with Gasteiger partial charge in [0.2, 0.25) is 5.95 Å². The standard InChI is InChI=1S/C16H18N8/c1-22(16-17-7-2-8-18-16)12-9-23(10-12)14-6-5-13-19-20-15(11-3-4-11)24(13)21-14/h2,5-8,11-12H,3-4,9-10H2,1H3. The van der Waals surface area contributed by atoms with Crippen molar-refractivity contribution in [3.05, 3.63) is 36.4 Å². The Hall–Kier alpha value is -2.77. The molecule has 5 rings (SSSR count). The van der Waals surface area contributed by atoms with Crippen molar-refractivity contribution in [2.75, 3.05) is 29.9 Å². The van der Waals surface area contributed by atoms with Crippen LogP contribution in [0.3, 0.4) is 0 Å². The van der Waals surface area contributed by atoms with Gasteiger partial charge in [-0.2, -0.15) is 4.52 Å². The normalized spacial score (nSPS) is 18.0. The number of rotatable bonds is 4. The van der Waals surface area contributed by atoms with Crippen molar-refractivity contribution in [3.63, 3.8) is 0 Å². The Bertz CT molecular complexity index is 866. The molecule has 0 N–H and O–H groups in total. The van der Waals surface area contributed by atoms with Gasteiger partial charge in [-0.3, -0.25) is 0 Å². The van der Waals surface area contributed by atoms with E-state index in [1.54, 1.807) is 12.4 Å². The van der Waals surface area contributed by atoms with Crippen molar-refractivity contribution in [2.45, 2.75) is 24.8 Å². The Labute approximate surface area is 139 Å². The molecule has 8 nitrogen and oxygen atoms in total. The predicted octanol–water partition coefficient (Wildman–Crippen LogP) is 1.12. The first-order valence-electron chi connectivity index (χ1n) is 8.27. The summed E-state index contributed by atoms with van der Waals surface area (Å²) in [7, 11) is 2.04. The Morgan fingerprint density at radius 3 is 2.62 bits per heavy atom. The van der Waals surface area contributed by atoms with E-state index in [2.05, 4.69) is 30.0 Å². The molecular formula is C16H18N8. The van der Waals surface area contributed by atoms with Crippen LogP contribution >= 0.6 is 0 Å². The maximum atomic E-state index is 4.75. The predicted molar refractivity (Wildman–Crippen MR) is 89.2 cm³/mol. The maximum absolute atomic E-state index is 4.75. The lowest BCUT2D eigenvalue weighted by atomic mass is 10.1. The average Bonchev–Trinajstić information content (AvgIpc) is 3.34. The monoisotopic (exact) mass is 322 g/mol. The van der Waals surface area contributed by atoms with Crippen LogP contribution in [-0.2, 0) is 0 Å². The van der Waals surface area contributed by atoms with Crippen LogP contribution in [0.4, 0.5) is 11.8 Å². The molecular weight excluding hydrogens is 304 g/mol. The second-order valence-corrected chi connectivity index (χ2v) is 6.51. The highest BCUT2D eigenvalue weighted by atomic mass is 15.4. The summed E-state index contributed by atoms with van der Waals surface area (Å²) in [5.74, 6) is 3.27. The van der Waals surface area contributed by atoms with Crippen molar-refractivity contribution in [1.82, 2.24) is 29.8 Å². The van der Waals surface area contributed by atoms with Crippen LogP contribution in [0.15, 0.2) is 30.6 Å². The number of nitrogens with zero attached hydrogens (tertiary/aromatic N) is 8. The summed E-state index contributed by atoms with van der Waals surface area (Å²) >= 11 is 0. The van der Waals surface area contributed by atoms with Crippen molar-refractivity contribution in [1.29, 1.82) is 0 Å². The molecule has 1 saturated heterocycles. The second kappa shape index (κ2) is 5.12. The Balaban J connectivity index is 1.34. The summed E-state index contributed by atoms with van der Waals surface area (Å²) in [4.78, 5) is 13.0. The van der Waals surface area contributed by atoms with Crippen molar-refractivity contribution >= 4 is 17.4 Å². The van der Waals surface area contributed by atoms with Gasteiger partial charge in [-0.25, -0.2) is 9.97 Å². The minimum absolute atomic E-state index is 0.397. The largest absolute Gasteiger partial charge is 0.351 e. The molecule has 0 radical (unpaired) electrons. The Kier molecular flexibility index (Phi) is 2.91. The molecule has 0 atom stereocenters. The summed E-state index contributed by atoms with van der Waals surface area (Å²) in [6, 6.07) is 6.25. The summed E-state index contributed by atoms with van der Waals surface area (Å²) in [5.41, 5.74) is 0.826. The first-order valence-corrected chi connectivity index (χ1v) is 8.27. The highest BCUT2D eigenvalue weighted by Crippen LogP contribution is 2.38. The van der Waals surface area contributed by atoms with Gasteiger partial charge >= 0.3 is 0 Å². The number of aromatic nitrogens is 6. The van der Waals surface area contributed by atoms with E-state index < -0.39 is 0 Å². The lowest BCUT2D eigenvalue weighted by Gasteiger charge is -2.44. The molecule has 4 heterocycles. The molecule has 24 heavy (non-hydrogen) atoms. The zero-order chi connectivity index (χ0) is 16.1. The van der Waals surface area contributed by atoms with E-state index in [0.717, 1.165) is 36.3 Å².